The van der Waals surface area contributed by atoms with Crippen LogP contribution in [-0.4, -0.2) is 56.2 Å². The lowest BCUT2D eigenvalue weighted by atomic mass is 9.82. The van der Waals surface area contributed by atoms with E-state index in [1.807, 2.05) is 0 Å². The molecule has 0 radical (unpaired) electrons. The highest BCUT2D eigenvalue weighted by molar-refractivity contribution is 5.89. The van der Waals surface area contributed by atoms with Crippen molar-refractivity contribution in [1.29, 1.82) is 0 Å². The molecule has 32 heavy (non-hydrogen) atoms. The van der Waals surface area contributed by atoms with Gasteiger partial charge in [-0.2, -0.15) is 0 Å². The molecule has 0 spiro atoms. The minimum atomic E-state index is -1.02. The van der Waals surface area contributed by atoms with Gasteiger partial charge in [-0.05, 0) is 31.4 Å². The monoisotopic (exact) mass is 442 g/mol. The van der Waals surface area contributed by atoms with Crippen molar-refractivity contribution in [3.8, 4) is 17.1 Å². The lowest BCUT2D eigenvalue weighted by Gasteiger charge is -2.45. The Morgan fingerprint density at radius 3 is 2.81 bits per heavy atom. The maximum Gasteiger partial charge on any atom is 0.258 e. The number of nitrogens with one attached hydrogen (secondary N) is 1. The van der Waals surface area contributed by atoms with Gasteiger partial charge in [0.25, 0.3) is 5.56 Å². The summed E-state index contributed by atoms with van der Waals surface area (Å²) < 4.78 is 30.6. The molecular formula is C22H24F2N6O2. The van der Waals surface area contributed by atoms with E-state index in [1.54, 1.807) is 11.9 Å². The molecule has 2 saturated heterocycles. The molecule has 5 rings (SSSR count). The van der Waals surface area contributed by atoms with Gasteiger partial charge in [-0.1, -0.05) is 6.42 Å². The lowest BCUT2D eigenvalue weighted by molar-refractivity contribution is 0.107. The molecule has 2 bridgehead atoms. The van der Waals surface area contributed by atoms with Crippen molar-refractivity contribution in [3.63, 3.8) is 0 Å². The molecular weight excluding hydrogens is 418 g/mol. The highest BCUT2D eigenvalue weighted by Crippen LogP contribution is 2.33. The number of aryl methyl sites for hydroxylation is 1. The number of piperidine rings is 2. The Hall–Kier alpha value is -3.14. The molecule has 2 aliphatic heterocycles. The molecule has 1 aromatic carbocycles. The van der Waals surface area contributed by atoms with Crippen molar-refractivity contribution in [3.05, 3.63) is 40.7 Å². The fourth-order valence-corrected chi connectivity index (χ4v) is 4.91. The zero-order valence-electron chi connectivity index (χ0n) is 17.8. The minimum Gasteiger partial charge on any atom is -0.507 e. The lowest BCUT2D eigenvalue weighted by Crippen LogP contribution is -2.61. The molecule has 2 aliphatic rings. The van der Waals surface area contributed by atoms with Gasteiger partial charge in [0.1, 0.15) is 17.7 Å². The molecule has 8 nitrogen and oxygen atoms in total. The maximum absolute atomic E-state index is 15.0. The van der Waals surface area contributed by atoms with E-state index in [0.29, 0.717) is 18.3 Å². The fraction of sp³-hybridized carbons (Fsp3) is 0.455. The number of pyridine rings is 1. The normalized spacial score (nSPS) is 25.1. The van der Waals surface area contributed by atoms with E-state index in [9.17, 15) is 14.3 Å². The molecule has 168 valence electrons. The maximum atomic E-state index is 15.0. The molecule has 4 heterocycles. The first kappa shape index (κ1) is 20.7. The number of halogens is 2. The zero-order chi connectivity index (χ0) is 22.6. The van der Waals surface area contributed by atoms with E-state index < -0.39 is 17.5 Å². The van der Waals surface area contributed by atoms with Gasteiger partial charge in [0.05, 0.1) is 23.2 Å². The average molecular weight is 442 g/mol. The fourth-order valence-electron chi connectivity index (χ4n) is 4.91. The molecule has 4 atom stereocenters. The summed E-state index contributed by atoms with van der Waals surface area (Å²) in [6, 6.07) is 2.37. The molecule has 2 N–H and O–H groups in total. The number of fused-ring (bicyclic) bond motifs is 3. The van der Waals surface area contributed by atoms with Crippen LogP contribution in [0.5, 0.6) is 5.75 Å². The van der Waals surface area contributed by atoms with Crippen molar-refractivity contribution in [2.75, 3.05) is 11.9 Å². The molecule has 0 saturated carbocycles. The second-order valence-corrected chi connectivity index (χ2v) is 8.71. The summed E-state index contributed by atoms with van der Waals surface area (Å²) in [5.41, 5.74) is -0.266. The molecule has 3 unspecified atom stereocenters. The third-order valence-corrected chi connectivity index (χ3v) is 6.70. The number of alkyl halides is 1. The van der Waals surface area contributed by atoms with Gasteiger partial charge in [-0.25, -0.2) is 13.8 Å². The summed E-state index contributed by atoms with van der Waals surface area (Å²) >= 11 is 0. The van der Waals surface area contributed by atoms with Crippen LogP contribution in [0, 0.1) is 5.82 Å². The van der Waals surface area contributed by atoms with Crippen LogP contribution in [0.15, 0.2) is 29.3 Å². The van der Waals surface area contributed by atoms with Crippen LogP contribution in [0.3, 0.4) is 0 Å². The number of benzene rings is 1. The zero-order valence-corrected chi connectivity index (χ0v) is 17.8. The number of aromatic hydroxyl groups is 1. The second-order valence-electron chi connectivity index (χ2n) is 8.71. The molecule has 2 aromatic heterocycles. The third-order valence-electron chi connectivity index (χ3n) is 6.70. The average Bonchev–Trinajstić information content (AvgIpc) is 2.79. The summed E-state index contributed by atoms with van der Waals surface area (Å²) in [6.07, 6.45) is 5.12. The van der Waals surface area contributed by atoms with E-state index in [4.69, 9.17) is 0 Å². The predicted octanol–water partition coefficient (Wildman–Crippen LogP) is 2.29. The number of rotatable bonds is 3. The highest BCUT2D eigenvalue weighted by atomic mass is 19.1. The van der Waals surface area contributed by atoms with Crippen LogP contribution < -0.4 is 15.8 Å². The first-order valence-electron chi connectivity index (χ1n) is 10.7. The van der Waals surface area contributed by atoms with Crippen molar-refractivity contribution in [1.82, 2.24) is 25.1 Å². The van der Waals surface area contributed by atoms with E-state index in [0.717, 1.165) is 30.0 Å². The Morgan fingerprint density at radius 2 is 2.06 bits per heavy atom. The van der Waals surface area contributed by atoms with Crippen molar-refractivity contribution in [2.24, 2.45) is 7.05 Å². The number of phenols is 1. The summed E-state index contributed by atoms with van der Waals surface area (Å²) in [4.78, 5) is 18.3. The minimum absolute atomic E-state index is 0.0588. The van der Waals surface area contributed by atoms with E-state index in [2.05, 4.69) is 20.5 Å². The Balaban J connectivity index is 1.45. The van der Waals surface area contributed by atoms with Crippen LogP contribution >= 0.6 is 0 Å². The smallest absolute Gasteiger partial charge is 0.258 e. The Morgan fingerprint density at radius 1 is 1.25 bits per heavy atom. The SMILES string of the molecule is CN(c1cnc(-c2cc3c(F)cn(C)c(=O)c3cc2O)nn1)C1CC2CCCC(N2)[C@H]1F. The number of anilines is 1. The van der Waals surface area contributed by atoms with E-state index in [-0.39, 0.29) is 40.0 Å². The van der Waals surface area contributed by atoms with Crippen LogP contribution in [0.25, 0.3) is 22.2 Å². The largest absolute Gasteiger partial charge is 0.507 e. The van der Waals surface area contributed by atoms with Gasteiger partial charge in [0.15, 0.2) is 11.6 Å². The Bertz CT molecular complexity index is 1230. The molecule has 0 amide bonds. The van der Waals surface area contributed by atoms with Gasteiger partial charge in [-0.15, -0.1) is 10.2 Å². The Labute approximate surface area is 182 Å². The summed E-state index contributed by atoms with van der Waals surface area (Å²) in [6.45, 7) is 0. The van der Waals surface area contributed by atoms with Crippen LogP contribution in [0.4, 0.5) is 14.6 Å². The summed E-state index contributed by atoms with van der Waals surface area (Å²) in [5, 5.41) is 22.2. The van der Waals surface area contributed by atoms with Crippen molar-refractivity contribution < 1.29 is 13.9 Å². The van der Waals surface area contributed by atoms with E-state index in [1.165, 1.54) is 25.4 Å². The third kappa shape index (κ3) is 3.38. The van der Waals surface area contributed by atoms with Crippen molar-refractivity contribution >= 4 is 16.6 Å². The summed E-state index contributed by atoms with van der Waals surface area (Å²) in [5.74, 6) is -0.349. The second kappa shape index (κ2) is 7.77. The summed E-state index contributed by atoms with van der Waals surface area (Å²) in [7, 11) is 3.22. The number of aromatic nitrogens is 4. The van der Waals surface area contributed by atoms with Gasteiger partial charge < -0.3 is 19.9 Å². The number of phenolic OH excluding ortho intramolecular Hbond substituents is 1. The molecule has 3 aromatic rings. The first-order valence-corrected chi connectivity index (χ1v) is 10.7. The highest BCUT2D eigenvalue weighted by Gasteiger charge is 2.42. The quantitative estimate of drug-likeness (QED) is 0.643. The predicted molar refractivity (Wildman–Crippen MR) is 116 cm³/mol. The standard InChI is InChI=1S/C22H24F2N6O2/c1-29-10-15(23)12-7-14(18(31)8-13(12)22(29)32)21-25-9-19(27-28-21)30(2)17-6-11-4-3-5-16(26-11)20(17)24/h7-11,16-17,20,26,31H,3-6H2,1-2H3/t11?,16?,17?,20-/m1/s1. The topological polar surface area (TPSA) is 96.2 Å². The molecule has 0 aliphatic carbocycles. The number of hydrogen-bond donors (Lipinski definition) is 2. The van der Waals surface area contributed by atoms with Crippen LogP contribution in [0.1, 0.15) is 25.7 Å². The molecule has 10 heteroatoms. The number of hydrogen-bond acceptors (Lipinski definition) is 7. The van der Waals surface area contributed by atoms with Gasteiger partial charge >= 0.3 is 0 Å². The first-order chi connectivity index (χ1) is 15.3. The van der Waals surface area contributed by atoms with Crippen LogP contribution in [-0.2, 0) is 7.05 Å². The van der Waals surface area contributed by atoms with Crippen LogP contribution in [0.2, 0.25) is 0 Å². The van der Waals surface area contributed by atoms with Gasteiger partial charge in [-0.3, -0.25) is 4.79 Å². The van der Waals surface area contributed by atoms with Crippen molar-refractivity contribution in [2.45, 2.75) is 50.0 Å². The van der Waals surface area contributed by atoms with E-state index >= 15 is 4.39 Å². The van der Waals surface area contributed by atoms with Gasteiger partial charge in [0.2, 0.25) is 0 Å². The number of nitrogens with zero attached hydrogens (tertiary/aromatic N) is 5. The molecule has 2 fully saturated rings. The van der Waals surface area contributed by atoms with Gasteiger partial charge in [0, 0.05) is 37.8 Å². The Kier molecular flexibility index (Phi) is 5.04.